The van der Waals surface area contributed by atoms with E-state index in [1.807, 2.05) is 0 Å². The van der Waals surface area contributed by atoms with E-state index < -0.39 is 6.09 Å². The molecule has 5 heteroatoms. The van der Waals surface area contributed by atoms with Gasteiger partial charge in [-0.25, -0.2) is 4.79 Å². The summed E-state index contributed by atoms with van der Waals surface area (Å²) in [6.07, 6.45) is 4.06. The van der Waals surface area contributed by atoms with Gasteiger partial charge in [0.25, 0.3) is 0 Å². The van der Waals surface area contributed by atoms with E-state index >= 15 is 0 Å². The Labute approximate surface area is 102 Å². The van der Waals surface area contributed by atoms with Gasteiger partial charge in [0, 0.05) is 11.6 Å². The molecule has 0 aliphatic heterocycles. The highest BCUT2D eigenvalue weighted by Crippen LogP contribution is 2.14. The van der Waals surface area contributed by atoms with E-state index in [4.69, 9.17) is 15.9 Å². The quantitative estimate of drug-likeness (QED) is 0.784. The van der Waals surface area contributed by atoms with Gasteiger partial charge in [0.05, 0.1) is 11.9 Å². The lowest BCUT2D eigenvalue weighted by atomic mass is 10.1. The molecule has 0 aliphatic carbocycles. The van der Waals surface area contributed by atoms with Gasteiger partial charge in [0.15, 0.2) is 5.43 Å². The zero-order valence-corrected chi connectivity index (χ0v) is 9.27. The Bertz CT molecular complexity index is 709. The Morgan fingerprint density at radius 2 is 2.22 bits per heavy atom. The van der Waals surface area contributed by atoms with E-state index in [9.17, 15) is 9.59 Å². The second-order valence-corrected chi connectivity index (χ2v) is 3.59. The molecular weight excluding hydrogens is 234 g/mol. The Hall–Kier alpha value is -2.74. The molecule has 0 atom stereocenters. The summed E-state index contributed by atoms with van der Waals surface area (Å²) >= 11 is 0. The average molecular weight is 243 g/mol. The average Bonchev–Trinajstić information content (AvgIpc) is 2.36. The lowest BCUT2D eigenvalue weighted by Gasteiger charge is -2.03. The lowest BCUT2D eigenvalue weighted by molar-refractivity contribution is 0.193. The summed E-state index contributed by atoms with van der Waals surface area (Å²) in [6, 6.07) is 6.06. The predicted molar refractivity (Wildman–Crippen MR) is 65.3 cm³/mol. The first-order chi connectivity index (χ1) is 8.60. The van der Waals surface area contributed by atoms with Crippen LogP contribution in [-0.2, 0) is 6.54 Å². The minimum absolute atomic E-state index is 0.0581. The van der Waals surface area contributed by atoms with E-state index in [0.717, 1.165) is 0 Å². The molecule has 0 radical (unpaired) electrons. The Balaban J connectivity index is 2.47. The SMILES string of the molecule is C#Cc1ccc2oc(CNC(=O)O)cc(=O)c2c1. The van der Waals surface area contributed by atoms with Crippen molar-refractivity contribution in [3.8, 4) is 12.3 Å². The van der Waals surface area contributed by atoms with Crippen molar-refractivity contribution in [2.45, 2.75) is 6.54 Å². The third-order valence-electron chi connectivity index (χ3n) is 2.36. The molecule has 1 aromatic heterocycles. The minimum Gasteiger partial charge on any atom is -0.465 e. The number of hydrogen-bond acceptors (Lipinski definition) is 3. The molecule has 0 saturated carbocycles. The van der Waals surface area contributed by atoms with Crippen molar-refractivity contribution in [2.24, 2.45) is 0 Å². The van der Waals surface area contributed by atoms with Crippen LogP contribution in [0.25, 0.3) is 11.0 Å². The fourth-order valence-corrected chi connectivity index (χ4v) is 1.55. The smallest absolute Gasteiger partial charge is 0.405 e. The van der Waals surface area contributed by atoms with Crippen LogP contribution in [0.1, 0.15) is 11.3 Å². The highest BCUT2D eigenvalue weighted by atomic mass is 16.4. The fourth-order valence-electron chi connectivity index (χ4n) is 1.55. The van der Waals surface area contributed by atoms with Gasteiger partial charge in [0.1, 0.15) is 11.3 Å². The van der Waals surface area contributed by atoms with Crippen molar-refractivity contribution in [3.05, 3.63) is 45.8 Å². The first-order valence-corrected chi connectivity index (χ1v) is 5.10. The van der Waals surface area contributed by atoms with Crippen LogP contribution >= 0.6 is 0 Å². The van der Waals surface area contributed by atoms with Gasteiger partial charge in [-0.15, -0.1) is 6.42 Å². The van der Waals surface area contributed by atoms with Crippen LogP contribution in [0.5, 0.6) is 0 Å². The molecule has 2 N–H and O–H groups in total. The molecule has 2 aromatic rings. The highest BCUT2D eigenvalue weighted by Gasteiger charge is 2.06. The molecule has 5 nitrogen and oxygen atoms in total. The van der Waals surface area contributed by atoms with Crippen LogP contribution < -0.4 is 10.7 Å². The molecule has 90 valence electrons. The van der Waals surface area contributed by atoms with Gasteiger partial charge < -0.3 is 14.8 Å². The molecule has 0 bridgehead atoms. The molecule has 1 aromatic carbocycles. The molecule has 1 amide bonds. The number of rotatable bonds is 2. The zero-order valence-electron chi connectivity index (χ0n) is 9.27. The summed E-state index contributed by atoms with van der Waals surface area (Å²) in [5.74, 6) is 2.68. The standard InChI is InChI=1S/C13H9NO4/c1-2-8-3-4-12-10(5-8)11(15)6-9(18-12)7-14-13(16)17/h1,3-6,14H,7H2,(H,16,17). The molecule has 0 spiro atoms. The van der Waals surface area contributed by atoms with Crippen molar-refractivity contribution in [3.63, 3.8) is 0 Å². The molecule has 0 saturated heterocycles. The molecule has 18 heavy (non-hydrogen) atoms. The van der Waals surface area contributed by atoms with E-state index in [1.54, 1.807) is 18.2 Å². The van der Waals surface area contributed by atoms with Gasteiger partial charge in [-0.3, -0.25) is 4.79 Å². The van der Waals surface area contributed by atoms with Crippen molar-refractivity contribution in [1.82, 2.24) is 5.32 Å². The van der Waals surface area contributed by atoms with Crippen LogP contribution in [-0.4, -0.2) is 11.2 Å². The lowest BCUT2D eigenvalue weighted by Crippen LogP contribution is -2.20. The van der Waals surface area contributed by atoms with Crippen LogP contribution in [0, 0.1) is 12.3 Å². The van der Waals surface area contributed by atoms with Crippen molar-refractivity contribution >= 4 is 17.1 Å². The van der Waals surface area contributed by atoms with Gasteiger partial charge in [0.2, 0.25) is 0 Å². The highest BCUT2D eigenvalue weighted by molar-refractivity contribution is 5.78. The Kier molecular flexibility index (Phi) is 3.02. The Morgan fingerprint density at radius 3 is 2.89 bits per heavy atom. The van der Waals surface area contributed by atoms with E-state index in [1.165, 1.54) is 6.07 Å². The van der Waals surface area contributed by atoms with Gasteiger partial charge >= 0.3 is 6.09 Å². The van der Waals surface area contributed by atoms with Gasteiger partial charge in [-0.05, 0) is 18.2 Å². The van der Waals surface area contributed by atoms with Crippen LogP contribution in [0.15, 0.2) is 33.5 Å². The molecule has 0 unspecified atom stereocenters. The summed E-state index contributed by atoms with van der Waals surface area (Å²) in [7, 11) is 0. The summed E-state index contributed by atoms with van der Waals surface area (Å²) in [6.45, 7) is -0.0581. The maximum absolute atomic E-state index is 11.8. The van der Waals surface area contributed by atoms with Gasteiger partial charge in [-0.1, -0.05) is 5.92 Å². The number of carboxylic acid groups (broad SMARTS) is 1. The third-order valence-corrected chi connectivity index (χ3v) is 2.36. The topological polar surface area (TPSA) is 79.5 Å². The van der Waals surface area contributed by atoms with Crippen LogP contribution in [0.2, 0.25) is 0 Å². The minimum atomic E-state index is -1.18. The normalized spacial score (nSPS) is 9.94. The third kappa shape index (κ3) is 2.33. The van der Waals surface area contributed by atoms with E-state index in [2.05, 4.69) is 11.2 Å². The molecule has 2 rings (SSSR count). The number of amides is 1. The first-order valence-electron chi connectivity index (χ1n) is 5.10. The number of carbonyl (C=O) groups is 1. The number of hydrogen-bond donors (Lipinski definition) is 2. The zero-order chi connectivity index (χ0) is 13.1. The molecule has 0 aliphatic rings. The number of benzene rings is 1. The fraction of sp³-hybridized carbons (Fsp3) is 0.0769. The maximum atomic E-state index is 11.8. The van der Waals surface area contributed by atoms with Crippen molar-refractivity contribution in [2.75, 3.05) is 0 Å². The summed E-state index contributed by atoms with van der Waals surface area (Å²) in [5, 5.41) is 11.0. The van der Waals surface area contributed by atoms with Crippen molar-refractivity contribution < 1.29 is 14.3 Å². The second-order valence-electron chi connectivity index (χ2n) is 3.59. The summed E-state index contributed by atoms with van der Waals surface area (Å²) in [4.78, 5) is 22.2. The van der Waals surface area contributed by atoms with Crippen LogP contribution in [0.3, 0.4) is 0 Å². The molecular formula is C13H9NO4. The van der Waals surface area contributed by atoms with E-state index in [-0.39, 0.29) is 17.7 Å². The van der Waals surface area contributed by atoms with E-state index in [0.29, 0.717) is 16.5 Å². The maximum Gasteiger partial charge on any atom is 0.405 e. The predicted octanol–water partition coefficient (Wildman–Crippen LogP) is 1.54. The van der Waals surface area contributed by atoms with Gasteiger partial charge in [-0.2, -0.15) is 0 Å². The first kappa shape index (κ1) is 11.7. The number of terminal acetylenes is 1. The van der Waals surface area contributed by atoms with Crippen molar-refractivity contribution in [1.29, 1.82) is 0 Å². The monoisotopic (exact) mass is 243 g/mol. The molecule has 0 fully saturated rings. The molecule has 1 heterocycles. The summed E-state index contributed by atoms with van der Waals surface area (Å²) in [5.41, 5.74) is 0.713. The largest absolute Gasteiger partial charge is 0.465 e. The van der Waals surface area contributed by atoms with Crippen LogP contribution in [0.4, 0.5) is 4.79 Å². The second kappa shape index (κ2) is 4.63. The number of fused-ring (bicyclic) bond motifs is 1. The number of nitrogens with one attached hydrogen (secondary N) is 1. The summed E-state index contributed by atoms with van der Waals surface area (Å²) < 4.78 is 5.40. The Morgan fingerprint density at radius 1 is 1.44 bits per heavy atom.